The van der Waals surface area contributed by atoms with Crippen molar-refractivity contribution in [3.8, 4) is 11.5 Å². The monoisotopic (exact) mass is 294 g/mol. The Hall–Kier alpha value is -1.92. The topological polar surface area (TPSA) is 105 Å². The second-order valence-corrected chi connectivity index (χ2v) is 5.27. The standard InChI is InChI=1S/C15H22N2O4/c1-8(2)12-6-5-11(20-14(18)9(3)16)7-13(12)21-15(19)10(4)17/h5-10H,16-17H2,1-4H3. The lowest BCUT2D eigenvalue weighted by molar-refractivity contribution is -0.135. The second kappa shape index (κ2) is 7.19. The molecule has 1 aromatic rings. The van der Waals surface area contributed by atoms with Gasteiger partial charge in [-0.3, -0.25) is 0 Å². The number of hydrogen-bond donors (Lipinski definition) is 2. The summed E-state index contributed by atoms with van der Waals surface area (Å²) in [5, 5.41) is 0. The Kier molecular flexibility index (Phi) is 5.87. The van der Waals surface area contributed by atoms with E-state index in [4.69, 9.17) is 20.9 Å². The van der Waals surface area contributed by atoms with Crippen molar-refractivity contribution in [2.45, 2.75) is 45.7 Å². The first kappa shape index (κ1) is 17.1. The summed E-state index contributed by atoms with van der Waals surface area (Å²) in [6.07, 6.45) is 0. The maximum atomic E-state index is 11.7. The molecular weight excluding hydrogens is 272 g/mol. The van der Waals surface area contributed by atoms with Gasteiger partial charge in [0.2, 0.25) is 0 Å². The van der Waals surface area contributed by atoms with Gasteiger partial charge in [-0.1, -0.05) is 19.9 Å². The highest BCUT2D eigenvalue weighted by molar-refractivity contribution is 5.79. The van der Waals surface area contributed by atoms with Crippen LogP contribution in [0, 0.1) is 0 Å². The van der Waals surface area contributed by atoms with E-state index in [0.29, 0.717) is 5.75 Å². The molecule has 6 nitrogen and oxygen atoms in total. The van der Waals surface area contributed by atoms with Crippen LogP contribution < -0.4 is 20.9 Å². The molecule has 6 heteroatoms. The van der Waals surface area contributed by atoms with Crippen molar-refractivity contribution in [3.63, 3.8) is 0 Å². The molecule has 116 valence electrons. The van der Waals surface area contributed by atoms with Crippen molar-refractivity contribution >= 4 is 11.9 Å². The molecule has 0 spiro atoms. The molecule has 0 fully saturated rings. The average molecular weight is 294 g/mol. The van der Waals surface area contributed by atoms with Gasteiger partial charge in [0.05, 0.1) is 0 Å². The van der Waals surface area contributed by atoms with E-state index in [1.165, 1.54) is 19.9 Å². The van der Waals surface area contributed by atoms with Gasteiger partial charge in [0.15, 0.2) is 0 Å². The maximum absolute atomic E-state index is 11.7. The molecule has 2 unspecified atom stereocenters. The van der Waals surface area contributed by atoms with E-state index in [0.717, 1.165) is 5.56 Å². The van der Waals surface area contributed by atoms with Crippen LogP contribution in [0.5, 0.6) is 11.5 Å². The van der Waals surface area contributed by atoms with Crippen LogP contribution >= 0.6 is 0 Å². The van der Waals surface area contributed by atoms with Crippen molar-refractivity contribution in [1.82, 2.24) is 0 Å². The molecule has 0 aromatic heterocycles. The van der Waals surface area contributed by atoms with E-state index in [-0.39, 0.29) is 11.7 Å². The number of hydrogen-bond acceptors (Lipinski definition) is 6. The van der Waals surface area contributed by atoms with Crippen LogP contribution in [-0.4, -0.2) is 24.0 Å². The second-order valence-electron chi connectivity index (χ2n) is 5.27. The lowest BCUT2D eigenvalue weighted by atomic mass is 10.0. The average Bonchev–Trinajstić information content (AvgIpc) is 2.38. The van der Waals surface area contributed by atoms with Gasteiger partial charge >= 0.3 is 11.9 Å². The molecule has 0 heterocycles. The molecule has 0 aliphatic rings. The molecule has 0 amide bonds. The van der Waals surface area contributed by atoms with Crippen LogP contribution in [-0.2, 0) is 9.59 Å². The highest BCUT2D eigenvalue weighted by Crippen LogP contribution is 2.31. The summed E-state index contributed by atoms with van der Waals surface area (Å²) in [5.74, 6) is -0.361. The Labute approximate surface area is 124 Å². The number of benzene rings is 1. The van der Waals surface area contributed by atoms with E-state index in [2.05, 4.69) is 0 Å². The summed E-state index contributed by atoms with van der Waals surface area (Å²) in [4.78, 5) is 23.2. The van der Waals surface area contributed by atoms with E-state index in [9.17, 15) is 9.59 Å². The van der Waals surface area contributed by atoms with Gasteiger partial charge in [-0.15, -0.1) is 0 Å². The largest absolute Gasteiger partial charge is 0.425 e. The van der Waals surface area contributed by atoms with Crippen molar-refractivity contribution in [1.29, 1.82) is 0 Å². The lowest BCUT2D eigenvalue weighted by Crippen LogP contribution is -2.31. The molecule has 1 aromatic carbocycles. The minimum absolute atomic E-state index is 0.138. The minimum atomic E-state index is -0.736. The van der Waals surface area contributed by atoms with Gasteiger partial charge < -0.3 is 20.9 Å². The molecule has 0 bridgehead atoms. The predicted molar refractivity (Wildman–Crippen MR) is 79.1 cm³/mol. The zero-order chi connectivity index (χ0) is 16.2. The van der Waals surface area contributed by atoms with Gasteiger partial charge in [-0.05, 0) is 31.4 Å². The Bertz CT molecular complexity index is 524. The van der Waals surface area contributed by atoms with Gasteiger partial charge in [-0.25, -0.2) is 9.59 Å². The number of carbonyl (C=O) groups is 2. The van der Waals surface area contributed by atoms with Crippen molar-refractivity contribution < 1.29 is 19.1 Å². The fraction of sp³-hybridized carbons (Fsp3) is 0.467. The Morgan fingerprint density at radius 2 is 1.48 bits per heavy atom. The number of nitrogens with two attached hydrogens (primary N) is 2. The summed E-state index contributed by atoms with van der Waals surface area (Å²) in [5.41, 5.74) is 11.8. The van der Waals surface area contributed by atoms with E-state index in [1.807, 2.05) is 13.8 Å². The molecule has 1 rings (SSSR count). The summed E-state index contributed by atoms with van der Waals surface area (Å²) >= 11 is 0. The van der Waals surface area contributed by atoms with Gasteiger partial charge in [-0.2, -0.15) is 0 Å². The van der Waals surface area contributed by atoms with Crippen LogP contribution in [0.3, 0.4) is 0 Å². The van der Waals surface area contributed by atoms with E-state index in [1.54, 1.807) is 12.1 Å². The summed E-state index contributed by atoms with van der Waals surface area (Å²) < 4.78 is 10.4. The first-order valence-electron chi connectivity index (χ1n) is 6.80. The quantitative estimate of drug-likeness (QED) is 0.627. The number of esters is 2. The highest BCUT2D eigenvalue weighted by atomic mass is 16.5. The van der Waals surface area contributed by atoms with Crippen molar-refractivity contribution in [2.75, 3.05) is 0 Å². The third kappa shape index (κ3) is 4.84. The first-order chi connectivity index (χ1) is 9.72. The Morgan fingerprint density at radius 1 is 0.952 bits per heavy atom. The maximum Gasteiger partial charge on any atom is 0.328 e. The van der Waals surface area contributed by atoms with Crippen LogP contribution in [0.4, 0.5) is 0 Å². The molecule has 0 saturated carbocycles. The summed E-state index contributed by atoms with van der Waals surface area (Å²) in [6, 6.07) is 3.41. The molecule has 0 aliphatic carbocycles. The SMILES string of the molecule is CC(N)C(=O)Oc1ccc(C(C)C)c(OC(=O)C(C)N)c1. The van der Waals surface area contributed by atoms with Crippen LogP contribution in [0.2, 0.25) is 0 Å². The molecular formula is C15H22N2O4. The number of carbonyl (C=O) groups excluding carboxylic acids is 2. The molecule has 0 radical (unpaired) electrons. The van der Waals surface area contributed by atoms with Crippen LogP contribution in [0.1, 0.15) is 39.2 Å². The molecule has 2 atom stereocenters. The number of ether oxygens (including phenoxy) is 2. The van der Waals surface area contributed by atoms with Crippen molar-refractivity contribution in [2.24, 2.45) is 11.5 Å². The zero-order valence-electron chi connectivity index (χ0n) is 12.8. The van der Waals surface area contributed by atoms with Gasteiger partial charge in [0.1, 0.15) is 23.6 Å². The summed E-state index contributed by atoms with van der Waals surface area (Å²) in [7, 11) is 0. The smallest absolute Gasteiger partial charge is 0.328 e. The molecule has 4 N–H and O–H groups in total. The highest BCUT2D eigenvalue weighted by Gasteiger charge is 2.17. The van der Waals surface area contributed by atoms with Gasteiger partial charge in [0, 0.05) is 6.07 Å². The predicted octanol–water partition coefficient (Wildman–Crippen LogP) is 1.32. The van der Waals surface area contributed by atoms with Crippen LogP contribution in [0.25, 0.3) is 0 Å². The minimum Gasteiger partial charge on any atom is -0.425 e. The Balaban J connectivity index is 3.06. The van der Waals surface area contributed by atoms with Gasteiger partial charge in [0.25, 0.3) is 0 Å². The van der Waals surface area contributed by atoms with Crippen LogP contribution in [0.15, 0.2) is 18.2 Å². The van der Waals surface area contributed by atoms with E-state index >= 15 is 0 Å². The fourth-order valence-electron chi connectivity index (χ4n) is 1.55. The fourth-order valence-corrected chi connectivity index (χ4v) is 1.55. The third-order valence-electron chi connectivity index (χ3n) is 2.78. The summed E-state index contributed by atoms with van der Waals surface area (Å²) in [6.45, 7) is 7.00. The van der Waals surface area contributed by atoms with Crippen molar-refractivity contribution in [3.05, 3.63) is 23.8 Å². The third-order valence-corrected chi connectivity index (χ3v) is 2.78. The lowest BCUT2D eigenvalue weighted by Gasteiger charge is -2.15. The van der Waals surface area contributed by atoms with E-state index < -0.39 is 24.0 Å². The number of rotatable bonds is 5. The normalized spacial score (nSPS) is 13.7. The Morgan fingerprint density at radius 3 is 1.95 bits per heavy atom. The molecule has 21 heavy (non-hydrogen) atoms. The molecule has 0 saturated heterocycles. The molecule has 0 aliphatic heterocycles. The zero-order valence-corrected chi connectivity index (χ0v) is 12.8. The first-order valence-corrected chi connectivity index (χ1v) is 6.80.